The maximum absolute atomic E-state index is 9.18. The van der Waals surface area contributed by atoms with E-state index in [2.05, 4.69) is 32.2 Å². The lowest BCUT2D eigenvalue weighted by atomic mass is 9.59. The molecule has 2 aliphatic carbocycles. The van der Waals surface area contributed by atoms with E-state index >= 15 is 0 Å². The van der Waals surface area contributed by atoms with Gasteiger partial charge in [0.2, 0.25) is 0 Å². The van der Waals surface area contributed by atoms with E-state index in [9.17, 15) is 5.26 Å². The predicted molar refractivity (Wildman–Crippen MR) is 78.2 cm³/mol. The Morgan fingerprint density at radius 3 is 2.53 bits per heavy atom. The second-order valence-corrected chi connectivity index (χ2v) is 7.11. The Hall–Kier alpha value is -0.380. The standard InChI is InChI=1S/C16H28NO2/c1-11(2)12-6-9-16(4,17-5)14-7-8-15(3,19-18)10-13(12)14/h10-12,14,18H,6-9H2,1-5H3/q-1/t12-,14+,15+,16-/m1/s1. The maximum atomic E-state index is 9.18. The fourth-order valence-corrected chi connectivity index (χ4v) is 4.00. The van der Waals surface area contributed by atoms with Gasteiger partial charge in [-0.1, -0.05) is 38.8 Å². The van der Waals surface area contributed by atoms with Gasteiger partial charge in [-0.25, -0.2) is 4.89 Å². The highest BCUT2D eigenvalue weighted by Gasteiger charge is 2.43. The number of hydrogen-bond donors (Lipinski definition) is 1. The zero-order chi connectivity index (χ0) is 14.3. The van der Waals surface area contributed by atoms with E-state index in [4.69, 9.17) is 4.89 Å². The summed E-state index contributed by atoms with van der Waals surface area (Å²) in [5.41, 5.74) is 1.02. The SMILES string of the molecule is C[N-][C@]1(C)CC[C@H](C(C)C)C2=C[C@@](C)(OO)CC[C@@H]21. The van der Waals surface area contributed by atoms with Gasteiger partial charge in [0.05, 0.1) is 0 Å². The average molecular weight is 266 g/mol. The molecule has 3 nitrogen and oxygen atoms in total. The summed E-state index contributed by atoms with van der Waals surface area (Å²) in [6, 6.07) is 0. The summed E-state index contributed by atoms with van der Waals surface area (Å²) in [7, 11) is 1.95. The summed E-state index contributed by atoms with van der Waals surface area (Å²) in [4.78, 5) is 4.75. The third-order valence-corrected chi connectivity index (χ3v) is 5.47. The van der Waals surface area contributed by atoms with Crippen molar-refractivity contribution in [3.8, 4) is 0 Å². The van der Waals surface area contributed by atoms with Gasteiger partial charge in [0.15, 0.2) is 0 Å². The van der Waals surface area contributed by atoms with Crippen LogP contribution in [0.3, 0.4) is 0 Å². The molecule has 1 N–H and O–H groups in total. The summed E-state index contributed by atoms with van der Waals surface area (Å²) in [6.07, 6.45) is 6.47. The first-order valence-electron chi connectivity index (χ1n) is 7.51. The zero-order valence-corrected chi connectivity index (χ0v) is 12.9. The Kier molecular flexibility index (Phi) is 4.10. The fraction of sp³-hybridized carbons (Fsp3) is 0.875. The van der Waals surface area contributed by atoms with Crippen LogP contribution in [0.4, 0.5) is 0 Å². The van der Waals surface area contributed by atoms with E-state index in [1.807, 2.05) is 14.0 Å². The summed E-state index contributed by atoms with van der Waals surface area (Å²) in [6.45, 7) is 8.84. The molecule has 1 fully saturated rings. The van der Waals surface area contributed by atoms with Gasteiger partial charge in [-0.15, -0.1) is 5.54 Å². The van der Waals surface area contributed by atoms with Crippen LogP contribution in [0.2, 0.25) is 0 Å². The van der Waals surface area contributed by atoms with Crippen molar-refractivity contribution in [1.29, 1.82) is 0 Å². The zero-order valence-electron chi connectivity index (χ0n) is 12.9. The summed E-state index contributed by atoms with van der Waals surface area (Å²) in [5, 5.41) is 13.9. The van der Waals surface area contributed by atoms with Gasteiger partial charge < -0.3 is 5.32 Å². The van der Waals surface area contributed by atoms with Crippen molar-refractivity contribution in [2.24, 2.45) is 17.8 Å². The van der Waals surface area contributed by atoms with Crippen LogP contribution in [-0.4, -0.2) is 23.4 Å². The number of hydrogen-bond acceptors (Lipinski definition) is 2. The first-order valence-corrected chi connectivity index (χ1v) is 7.51. The van der Waals surface area contributed by atoms with E-state index in [0.717, 1.165) is 12.8 Å². The molecule has 1 saturated carbocycles. The summed E-state index contributed by atoms with van der Waals surface area (Å²) < 4.78 is 0. The normalized spacial score (nSPS) is 43.0. The van der Waals surface area contributed by atoms with E-state index < -0.39 is 5.60 Å². The molecule has 4 atom stereocenters. The van der Waals surface area contributed by atoms with Gasteiger partial charge in [0, 0.05) is 0 Å². The van der Waals surface area contributed by atoms with Crippen LogP contribution in [0.25, 0.3) is 5.32 Å². The molecule has 0 aromatic rings. The monoisotopic (exact) mass is 266 g/mol. The maximum Gasteiger partial charge on any atom is 0.119 e. The molecule has 0 radical (unpaired) electrons. The van der Waals surface area contributed by atoms with Gasteiger partial charge in [0.25, 0.3) is 0 Å². The molecule has 19 heavy (non-hydrogen) atoms. The van der Waals surface area contributed by atoms with E-state index in [0.29, 0.717) is 17.8 Å². The third-order valence-electron chi connectivity index (χ3n) is 5.47. The van der Waals surface area contributed by atoms with Gasteiger partial charge in [-0.2, -0.15) is 7.05 Å². The van der Waals surface area contributed by atoms with Crippen LogP contribution in [0.15, 0.2) is 11.6 Å². The van der Waals surface area contributed by atoms with Crippen molar-refractivity contribution >= 4 is 0 Å². The van der Waals surface area contributed by atoms with Crippen molar-refractivity contribution in [3.05, 3.63) is 17.0 Å². The Labute approximate surface area is 117 Å². The molecule has 0 amide bonds. The van der Waals surface area contributed by atoms with E-state index in [-0.39, 0.29) is 5.54 Å². The molecule has 3 heteroatoms. The Morgan fingerprint density at radius 2 is 2.00 bits per heavy atom. The minimum absolute atomic E-state index is 0.0635. The molecule has 0 bridgehead atoms. The van der Waals surface area contributed by atoms with Gasteiger partial charge in [-0.05, 0) is 43.9 Å². The topological polar surface area (TPSA) is 43.6 Å². The van der Waals surface area contributed by atoms with Crippen molar-refractivity contribution in [2.45, 2.75) is 64.5 Å². The van der Waals surface area contributed by atoms with Crippen LogP contribution in [-0.2, 0) is 4.89 Å². The molecule has 0 spiro atoms. The van der Waals surface area contributed by atoms with E-state index in [1.165, 1.54) is 18.4 Å². The van der Waals surface area contributed by atoms with Crippen LogP contribution in [0.5, 0.6) is 0 Å². The molecule has 0 aliphatic heterocycles. The van der Waals surface area contributed by atoms with Gasteiger partial charge in [-0.3, -0.25) is 5.26 Å². The van der Waals surface area contributed by atoms with Crippen molar-refractivity contribution in [1.82, 2.24) is 0 Å². The highest BCUT2D eigenvalue weighted by atomic mass is 17.1. The Balaban J connectivity index is 2.39. The van der Waals surface area contributed by atoms with E-state index in [1.54, 1.807) is 0 Å². The molecular weight excluding hydrogens is 238 g/mol. The van der Waals surface area contributed by atoms with Crippen molar-refractivity contribution in [3.63, 3.8) is 0 Å². The second kappa shape index (κ2) is 5.19. The molecule has 0 saturated heterocycles. The molecule has 0 aromatic carbocycles. The first kappa shape index (κ1) is 15.0. The molecule has 110 valence electrons. The highest BCUT2D eigenvalue weighted by Crippen LogP contribution is 2.52. The molecule has 0 unspecified atom stereocenters. The lowest BCUT2D eigenvalue weighted by Gasteiger charge is -2.57. The Morgan fingerprint density at radius 1 is 1.32 bits per heavy atom. The highest BCUT2D eigenvalue weighted by molar-refractivity contribution is 5.30. The largest absolute Gasteiger partial charge is 0.659 e. The second-order valence-electron chi connectivity index (χ2n) is 7.11. The first-order chi connectivity index (χ1) is 8.85. The molecule has 0 heterocycles. The lowest BCUT2D eigenvalue weighted by Crippen LogP contribution is -2.46. The quantitative estimate of drug-likeness (QED) is 0.467. The van der Waals surface area contributed by atoms with Crippen LogP contribution < -0.4 is 0 Å². The number of fused-ring (bicyclic) bond motifs is 1. The van der Waals surface area contributed by atoms with Gasteiger partial charge >= 0.3 is 0 Å². The lowest BCUT2D eigenvalue weighted by molar-refractivity contribution is -0.306. The minimum atomic E-state index is -0.509. The third kappa shape index (κ3) is 2.61. The van der Waals surface area contributed by atoms with Crippen molar-refractivity contribution < 1.29 is 10.1 Å². The molecule has 2 aliphatic rings. The fourth-order valence-electron chi connectivity index (χ4n) is 4.00. The minimum Gasteiger partial charge on any atom is -0.659 e. The Bertz CT molecular complexity index is 366. The van der Waals surface area contributed by atoms with Crippen LogP contribution >= 0.6 is 0 Å². The van der Waals surface area contributed by atoms with Gasteiger partial charge in [0.1, 0.15) is 5.60 Å². The summed E-state index contributed by atoms with van der Waals surface area (Å²) >= 11 is 0. The molecule has 0 aromatic heterocycles. The van der Waals surface area contributed by atoms with Crippen LogP contribution in [0.1, 0.15) is 53.4 Å². The van der Waals surface area contributed by atoms with Crippen molar-refractivity contribution in [2.75, 3.05) is 7.05 Å². The number of rotatable bonds is 3. The number of nitrogens with zero attached hydrogens (tertiary/aromatic N) is 1. The predicted octanol–water partition coefficient (Wildman–Crippen LogP) is 4.40. The smallest absolute Gasteiger partial charge is 0.119 e. The molecular formula is C16H28NO2-. The van der Waals surface area contributed by atoms with Crippen LogP contribution in [0, 0.1) is 17.8 Å². The molecule has 2 rings (SSSR count). The summed E-state index contributed by atoms with van der Waals surface area (Å²) in [5.74, 6) is 1.76. The average Bonchev–Trinajstić information content (AvgIpc) is 2.38.